The third-order valence-electron chi connectivity index (χ3n) is 4.57. The Hall–Kier alpha value is -2.76. The molecule has 1 fully saturated rings. The van der Waals surface area contributed by atoms with Gasteiger partial charge in [0.15, 0.2) is 17.0 Å². The normalized spacial score (nSPS) is 20.1. The summed E-state index contributed by atoms with van der Waals surface area (Å²) >= 11 is 0. The fourth-order valence-electron chi connectivity index (χ4n) is 3.19. The van der Waals surface area contributed by atoms with Gasteiger partial charge in [-0.1, -0.05) is 30.3 Å². The molecule has 6 heteroatoms. The first-order valence-electron chi connectivity index (χ1n) is 8.22. The SMILES string of the molecule is CCOC(=O)C1(C(=O)OCC)CC1C=C1C(=O)c2ccccc2C1=O. The Morgan fingerprint density at radius 1 is 1.04 bits per heavy atom. The van der Waals surface area contributed by atoms with Gasteiger partial charge < -0.3 is 9.47 Å². The highest BCUT2D eigenvalue weighted by atomic mass is 16.6. The lowest BCUT2D eigenvalue weighted by atomic mass is 10.0. The number of allylic oxidation sites excluding steroid dienone is 2. The number of ketones is 2. The molecule has 1 saturated carbocycles. The van der Waals surface area contributed by atoms with Crippen molar-refractivity contribution in [3.05, 3.63) is 47.0 Å². The lowest BCUT2D eigenvalue weighted by molar-refractivity contribution is -0.164. The van der Waals surface area contributed by atoms with Crippen molar-refractivity contribution in [1.29, 1.82) is 0 Å². The van der Waals surface area contributed by atoms with E-state index in [0.717, 1.165) is 0 Å². The fourth-order valence-corrected chi connectivity index (χ4v) is 3.19. The number of rotatable bonds is 5. The molecule has 0 heterocycles. The van der Waals surface area contributed by atoms with Crippen LogP contribution in [0.15, 0.2) is 35.9 Å². The van der Waals surface area contributed by atoms with Gasteiger partial charge in [0.25, 0.3) is 0 Å². The van der Waals surface area contributed by atoms with Crippen LogP contribution in [0.1, 0.15) is 41.0 Å². The van der Waals surface area contributed by atoms with Gasteiger partial charge in [-0.2, -0.15) is 0 Å². The number of Topliss-reactive ketones (excluding diaryl/α,β-unsaturated/α-hetero) is 2. The van der Waals surface area contributed by atoms with Crippen molar-refractivity contribution in [3.8, 4) is 0 Å². The topological polar surface area (TPSA) is 86.7 Å². The molecule has 0 bridgehead atoms. The second-order valence-corrected chi connectivity index (χ2v) is 6.01. The van der Waals surface area contributed by atoms with Crippen LogP contribution in [0.4, 0.5) is 0 Å². The number of fused-ring (bicyclic) bond motifs is 1. The average Bonchev–Trinajstić information content (AvgIpc) is 3.29. The quantitative estimate of drug-likeness (QED) is 0.353. The molecule has 1 atom stereocenters. The number of carbonyl (C=O) groups is 4. The highest BCUT2D eigenvalue weighted by Gasteiger charge is 2.67. The van der Waals surface area contributed by atoms with Gasteiger partial charge in [-0.25, -0.2) is 0 Å². The Morgan fingerprint density at radius 2 is 1.52 bits per heavy atom. The molecule has 1 aromatic rings. The van der Waals surface area contributed by atoms with Crippen molar-refractivity contribution in [2.75, 3.05) is 13.2 Å². The Bertz CT molecular complexity index is 749. The molecule has 0 spiro atoms. The van der Waals surface area contributed by atoms with Crippen molar-refractivity contribution in [3.63, 3.8) is 0 Å². The summed E-state index contributed by atoms with van der Waals surface area (Å²) in [5.41, 5.74) is -0.759. The van der Waals surface area contributed by atoms with Crippen LogP contribution in [0.5, 0.6) is 0 Å². The molecule has 25 heavy (non-hydrogen) atoms. The van der Waals surface area contributed by atoms with E-state index in [1.54, 1.807) is 38.1 Å². The number of esters is 2. The summed E-state index contributed by atoms with van der Waals surface area (Å²) in [4.78, 5) is 49.5. The zero-order valence-corrected chi connectivity index (χ0v) is 14.0. The highest BCUT2D eigenvalue weighted by molar-refractivity contribution is 6.39. The van der Waals surface area contributed by atoms with E-state index in [1.165, 1.54) is 6.08 Å². The van der Waals surface area contributed by atoms with Crippen LogP contribution in [0.25, 0.3) is 0 Å². The maximum atomic E-state index is 12.5. The standard InChI is InChI=1S/C19H18O6/c1-3-24-17(22)19(18(23)25-4-2)10-11(19)9-14-15(20)12-7-5-6-8-13(12)16(14)21/h5-9,11H,3-4,10H2,1-2H3. The van der Waals surface area contributed by atoms with Gasteiger partial charge >= 0.3 is 11.9 Å². The molecular weight excluding hydrogens is 324 g/mol. The van der Waals surface area contributed by atoms with Gasteiger partial charge in [0.1, 0.15) is 0 Å². The van der Waals surface area contributed by atoms with E-state index in [1.807, 2.05) is 0 Å². The van der Waals surface area contributed by atoms with Crippen molar-refractivity contribution < 1.29 is 28.7 Å². The number of hydrogen-bond acceptors (Lipinski definition) is 6. The maximum Gasteiger partial charge on any atom is 0.324 e. The molecular formula is C19H18O6. The molecule has 0 radical (unpaired) electrons. The van der Waals surface area contributed by atoms with Gasteiger partial charge in [0, 0.05) is 17.0 Å². The van der Waals surface area contributed by atoms with Crippen LogP contribution in [0.2, 0.25) is 0 Å². The third-order valence-corrected chi connectivity index (χ3v) is 4.57. The Kier molecular flexibility index (Phi) is 4.29. The van der Waals surface area contributed by atoms with Gasteiger partial charge in [0.2, 0.25) is 0 Å². The number of carbonyl (C=O) groups excluding carboxylic acids is 4. The Balaban J connectivity index is 1.92. The van der Waals surface area contributed by atoms with E-state index in [0.29, 0.717) is 11.1 Å². The Morgan fingerprint density at radius 3 is 1.96 bits per heavy atom. The summed E-state index contributed by atoms with van der Waals surface area (Å²) in [5.74, 6) is -2.69. The molecule has 1 aromatic carbocycles. The maximum absolute atomic E-state index is 12.5. The van der Waals surface area contributed by atoms with Crippen LogP contribution in [0.3, 0.4) is 0 Å². The average molecular weight is 342 g/mol. The highest BCUT2D eigenvalue weighted by Crippen LogP contribution is 2.56. The van der Waals surface area contributed by atoms with Crippen LogP contribution in [-0.4, -0.2) is 36.7 Å². The monoisotopic (exact) mass is 342 g/mol. The van der Waals surface area contributed by atoms with Gasteiger partial charge in [-0.3, -0.25) is 19.2 Å². The van der Waals surface area contributed by atoms with E-state index in [-0.39, 0.29) is 36.8 Å². The van der Waals surface area contributed by atoms with E-state index in [4.69, 9.17) is 9.47 Å². The lowest BCUT2D eigenvalue weighted by Gasteiger charge is -2.13. The summed E-state index contributed by atoms with van der Waals surface area (Å²) < 4.78 is 10.0. The van der Waals surface area contributed by atoms with E-state index >= 15 is 0 Å². The summed E-state index contributed by atoms with van der Waals surface area (Å²) in [5, 5.41) is 0. The molecule has 0 aliphatic heterocycles. The largest absolute Gasteiger partial charge is 0.465 e. The van der Waals surface area contributed by atoms with E-state index < -0.39 is 23.3 Å². The first-order valence-corrected chi connectivity index (χ1v) is 8.22. The first kappa shape index (κ1) is 17.1. The van der Waals surface area contributed by atoms with Crippen LogP contribution in [-0.2, 0) is 19.1 Å². The van der Waals surface area contributed by atoms with Crippen LogP contribution in [0, 0.1) is 11.3 Å². The van der Waals surface area contributed by atoms with Gasteiger partial charge in [0.05, 0.1) is 18.8 Å². The predicted octanol–water partition coefficient (Wildman–Crippen LogP) is 2.12. The van der Waals surface area contributed by atoms with Crippen molar-refractivity contribution in [2.24, 2.45) is 11.3 Å². The molecule has 130 valence electrons. The predicted molar refractivity (Wildman–Crippen MR) is 87.0 cm³/mol. The van der Waals surface area contributed by atoms with E-state index in [9.17, 15) is 19.2 Å². The smallest absolute Gasteiger partial charge is 0.324 e. The molecule has 2 aliphatic carbocycles. The third kappa shape index (κ3) is 2.58. The fraction of sp³-hybridized carbons (Fsp3) is 0.368. The summed E-state index contributed by atoms with van der Waals surface area (Å²) in [7, 11) is 0. The van der Waals surface area contributed by atoms with E-state index in [2.05, 4.69) is 0 Å². The van der Waals surface area contributed by atoms with Crippen molar-refractivity contribution >= 4 is 23.5 Å². The Labute approximate surface area is 144 Å². The number of hydrogen-bond donors (Lipinski definition) is 0. The van der Waals surface area contributed by atoms with Crippen molar-refractivity contribution in [1.82, 2.24) is 0 Å². The van der Waals surface area contributed by atoms with Gasteiger partial charge in [-0.15, -0.1) is 0 Å². The second kappa shape index (κ2) is 6.27. The molecule has 2 aliphatic rings. The molecule has 3 rings (SSSR count). The minimum Gasteiger partial charge on any atom is -0.465 e. The molecule has 0 N–H and O–H groups in total. The second-order valence-electron chi connectivity index (χ2n) is 6.01. The number of benzene rings is 1. The number of ether oxygens (including phenoxy) is 2. The molecule has 0 saturated heterocycles. The summed E-state index contributed by atoms with van der Waals surface area (Å²) in [6, 6.07) is 6.55. The zero-order valence-electron chi connectivity index (χ0n) is 14.0. The van der Waals surface area contributed by atoms with Gasteiger partial charge in [-0.05, 0) is 20.3 Å². The summed E-state index contributed by atoms with van der Waals surface area (Å²) in [6.45, 7) is 3.56. The molecule has 0 aromatic heterocycles. The molecule has 0 amide bonds. The van der Waals surface area contributed by atoms with Crippen LogP contribution >= 0.6 is 0 Å². The zero-order chi connectivity index (χ0) is 18.2. The first-order chi connectivity index (χ1) is 12.0. The minimum atomic E-state index is -1.45. The lowest BCUT2D eigenvalue weighted by Crippen LogP contribution is -2.31. The molecule has 1 unspecified atom stereocenters. The van der Waals surface area contributed by atoms with Crippen molar-refractivity contribution in [2.45, 2.75) is 20.3 Å². The summed E-state index contributed by atoms with van der Waals surface area (Å²) in [6.07, 6.45) is 1.60. The molecule has 6 nitrogen and oxygen atoms in total. The van der Waals surface area contributed by atoms with Crippen LogP contribution < -0.4 is 0 Å². The minimum absolute atomic E-state index is 0.00155.